The van der Waals surface area contributed by atoms with Crippen molar-refractivity contribution >= 4 is 11.8 Å². The van der Waals surface area contributed by atoms with E-state index in [1.54, 1.807) is 0 Å². The van der Waals surface area contributed by atoms with E-state index in [0.717, 1.165) is 12.6 Å². The first kappa shape index (κ1) is 16.6. The molecule has 2 N–H and O–H groups in total. The number of likely N-dealkylation sites (tertiary alicyclic amines) is 1. The maximum absolute atomic E-state index is 6.26. The molecule has 0 bridgehead atoms. The van der Waals surface area contributed by atoms with Crippen LogP contribution in [0.25, 0.3) is 0 Å². The molecule has 0 aromatic heterocycles. The highest BCUT2D eigenvalue weighted by Crippen LogP contribution is 2.43. The standard InChI is InChI=1S/C16H33N3S/c1-5-18(6-2)14-7-8-19(9-14)16(11-17)10-15(3,4)12-20-13-16/h14H,5-13,17H2,1-4H3. The maximum Gasteiger partial charge on any atom is 0.0427 e. The summed E-state index contributed by atoms with van der Waals surface area (Å²) in [7, 11) is 0. The van der Waals surface area contributed by atoms with Gasteiger partial charge in [-0.15, -0.1) is 0 Å². The number of hydrogen-bond donors (Lipinski definition) is 1. The van der Waals surface area contributed by atoms with Gasteiger partial charge >= 0.3 is 0 Å². The second-order valence-corrected chi connectivity index (χ2v) is 8.36. The van der Waals surface area contributed by atoms with E-state index in [9.17, 15) is 0 Å². The van der Waals surface area contributed by atoms with Gasteiger partial charge in [-0.05, 0) is 37.1 Å². The van der Waals surface area contributed by atoms with Crippen LogP contribution in [-0.4, -0.2) is 65.6 Å². The van der Waals surface area contributed by atoms with Crippen molar-refractivity contribution in [3.8, 4) is 0 Å². The predicted molar refractivity (Wildman–Crippen MR) is 90.4 cm³/mol. The second kappa shape index (κ2) is 6.55. The van der Waals surface area contributed by atoms with E-state index >= 15 is 0 Å². The monoisotopic (exact) mass is 299 g/mol. The Balaban J connectivity index is 2.06. The quantitative estimate of drug-likeness (QED) is 0.844. The van der Waals surface area contributed by atoms with Crippen molar-refractivity contribution in [3.63, 3.8) is 0 Å². The molecule has 2 unspecified atom stereocenters. The lowest BCUT2D eigenvalue weighted by Crippen LogP contribution is -2.59. The third-order valence-electron chi connectivity index (χ3n) is 5.21. The lowest BCUT2D eigenvalue weighted by Gasteiger charge is -2.49. The smallest absolute Gasteiger partial charge is 0.0427 e. The molecule has 2 heterocycles. The third kappa shape index (κ3) is 3.34. The van der Waals surface area contributed by atoms with Gasteiger partial charge in [-0.2, -0.15) is 11.8 Å². The Hall–Kier alpha value is 0.230. The summed E-state index contributed by atoms with van der Waals surface area (Å²) in [5, 5.41) is 0. The van der Waals surface area contributed by atoms with Gasteiger partial charge in [0.2, 0.25) is 0 Å². The summed E-state index contributed by atoms with van der Waals surface area (Å²) in [5.74, 6) is 2.50. The van der Waals surface area contributed by atoms with Crippen molar-refractivity contribution in [3.05, 3.63) is 0 Å². The van der Waals surface area contributed by atoms with E-state index in [-0.39, 0.29) is 5.54 Å². The highest BCUT2D eigenvalue weighted by atomic mass is 32.2. The van der Waals surface area contributed by atoms with Crippen LogP contribution < -0.4 is 5.73 Å². The number of hydrogen-bond acceptors (Lipinski definition) is 4. The normalized spacial score (nSPS) is 34.8. The van der Waals surface area contributed by atoms with Crippen LogP contribution in [0.4, 0.5) is 0 Å². The molecule has 0 aromatic rings. The highest BCUT2D eigenvalue weighted by molar-refractivity contribution is 7.99. The van der Waals surface area contributed by atoms with Gasteiger partial charge in [-0.3, -0.25) is 9.80 Å². The van der Waals surface area contributed by atoms with Gasteiger partial charge in [0.1, 0.15) is 0 Å². The summed E-state index contributed by atoms with van der Waals surface area (Å²) < 4.78 is 0. The van der Waals surface area contributed by atoms with Crippen molar-refractivity contribution in [2.24, 2.45) is 11.1 Å². The Morgan fingerprint density at radius 1 is 1.25 bits per heavy atom. The molecule has 0 amide bonds. The fourth-order valence-corrected chi connectivity index (χ4v) is 5.72. The molecule has 2 aliphatic heterocycles. The minimum absolute atomic E-state index is 0.244. The van der Waals surface area contributed by atoms with Crippen LogP contribution in [0.5, 0.6) is 0 Å². The predicted octanol–water partition coefficient (Wildman–Crippen LogP) is 2.26. The number of rotatable bonds is 5. The van der Waals surface area contributed by atoms with Crippen LogP contribution in [0, 0.1) is 5.41 Å². The summed E-state index contributed by atoms with van der Waals surface area (Å²) in [6, 6.07) is 0.739. The summed E-state index contributed by atoms with van der Waals surface area (Å²) in [6.07, 6.45) is 2.57. The van der Waals surface area contributed by atoms with E-state index in [4.69, 9.17) is 5.73 Å². The fourth-order valence-electron chi connectivity index (χ4n) is 4.18. The zero-order valence-corrected chi connectivity index (χ0v) is 14.6. The average Bonchev–Trinajstić information content (AvgIpc) is 2.89. The molecule has 0 spiro atoms. The molecular formula is C16H33N3S. The maximum atomic E-state index is 6.26. The van der Waals surface area contributed by atoms with Crippen LogP contribution in [0.2, 0.25) is 0 Å². The molecular weight excluding hydrogens is 266 g/mol. The van der Waals surface area contributed by atoms with E-state index < -0.39 is 0 Å². The molecule has 2 rings (SSSR count). The van der Waals surface area contributed by atoms with Gasteiger partial charge in [0.15, 0.2) is 0 Å². The summed E-state index contributed by atoms with van der Waals surface area (Å²) in [6.45, 7) is 15.0. The molecule has 2 aliphatic rings. The van der Waals surface area contributed by atoms with Gasteiger partial charge in [-0.1, -0.05) is 27.7 Å². The van der Waals surface area contributed by atoms with E-state index in [0.29, 0.717) is 5.41 Å². The van der Waals surface area contributed by atoms with Gasteiger partial charge in [0.25, 0.3) is 0 Å². The van der Waals surface area contributed by atoms with Crippen molar-refractivity contribution < 1.29 is 0 Å². The van der Waals surface area contributed by atoms with E-state index in [1.165, 1.54) is 50.5 Å². The lowest BCUT2D eigenvalue weighted by atomic mass is 9.79. The molecule has 0 saturated carbocycles. The van der Waals surface area contributed by atoms with Crippen molar-refractivity contribution in [2.45, 2.75) is 52.1 Å². The first-order valence-corrected chi connectivity index (χ1v) is 9.39. The lowest BCUT2D eigenvalue weighted by molar-refractivity contribution is 0.0819. The Morgan fingerprint density at radius 2 is 1.95 bits per heavy atom. The summed E-state index contributed by atoms with van der Waals surface area (Å²) >= 11 is 2.11. The van der Waals surface area contributed by atoms with Gasteiger partial charge in [0.05, 0.1) is 0 Å². The number of nitrogens with zero attached hydrogens (tertiary/aromatic N) is 2. The Kier molecular flexibility index (Phi) is 5.44. The summed E-state index contributed by atoms with van der Waals surface area (Å²) in [4.78, 5) is 5.34. The molecule has 0 radical (unpaired) electrons. The van der Waals surface area contributed by atoms with Crippen molar-refractivity contribution in [1.82, 2.24) is 9.80 Å². The zero-order chi connectivity index (χ0) is 14.8. The molecule has 2 saturated heterocycles. The minimum Gasteiger partial charge on any atom is -0.329 e. The molecule has 2 atom stereocenters. The molecule has 4 heteroatoms. The molecule has 0 aliphatic carbocycles. The third-order valence-corrected chi connectivity index (χ3v) is 6.94. The van der Waals surface area contributed by atoms with Gasteiger partial charge < -0.3 is 5.73 Å². The zero-order valence-electron chi connectivity index (χ0n) is 13.8. The highest BCUT2D eigenvalue weighted by Gasteiger charge is 2.46. The SMILES string of the molecule is CCN(CC)C1CCN(C2(CN)CSCC(C)(C)C2)C1. The topological polar surface area (TPSA) is 32.5 Å². The largest absolute Gasteiger partial charge is 0.329 e. The van der Waals surface area contributed by atoms with Crippen LogP contribution in [0.3, 0.4) is 0 Å². The van der Waals surface area contributed by atoms with Crippen molar-refractivity contribution in [2.75, 3.05) is 44.2 Å². The summed E-state index contributed by atoms with van der Waals surface area (Å²) in [5.41, 5.74) is 6.93. The second-order valence-electron chi connectivity index (χ2n) is 7.37. The van der Waals surface area contributed by atoms with E-state index in [1.807, 2.05) is 0 Å². The van der Waals surface area contributed by atoms with Crippen molar-refractivity contribution in [1.29, 1.82) is 0 Å². The molecule has 0 aromatic carbocycles. The average molecular weight is 300 g/mol. The van der Waals surface area contributed by atoms with Crippen LogP contribution in [0.1, 0.15) is 40.5 Å². The Labute approximate surface area is 129 Å². The molecule has 118 valence electrons. The number of likely N-dealkylation sites (N-methyl/N-ethyl adjacent to an activating group) is 1. The van der Waals surface area contributed by atoms with Crippen LogP contribution >= 0.6 is 11.8 Å². The van der Waals surface area contributed by atoms with Gasteiger partial charge in [0, 0.05) is 37.0 Å². The van der Waals surface area contributed by atoms with Gasteiger partial charge in [-0.25, -0.2) is 0 Å². The molecule has 20 heavy (non-hydrogen) atoms. The number of thioether (sulfide) groups is 1. The number of nitrogens with two attached hydrogens (primary N) is 1. The molecule has 3 nitrogen and oxygen atoms in total. The Bertz CT molecular complexity index is 317. The Morgan fingerprint density at radius 3 is 2.50 bits per heavy atom. The first-order chi connectivity index (χ1) is 9.46. The van der Waals surface area contributed by atoms with E-state index in [2.05, 4.69) is 49.3 Å². The molecule has 2 fully saturated rings. The van der Waals surface area contributed by atoms with Crippen LogP contribution in [-0.2, 0) is 0 Å². The van der Waals surface area contributed by atoms with Crippen LogP contribution in [0.15, 0.2) is 0 Å². The first-order valence-electron chi connectivity index (χ1n) is 8.23. The minimum atomic E-state index is 0.244. The fraction of sp³-hybridized carbons (Fsp3) is 1.00.